The SMILES string of the molecule is COc1cccc(CC(=O)N2CCN(C(=O)c3ccc(=O)[nH]n3)CC2)c1. The van der Waals surface area contributed by atoms with Crippen LogP contribution in [0.5, 0.6) is 5.75 Å². The summed E-state index contributed by atoms with van der Waals surface area (Å²) in [5.74, 6) is 0.493. The lowest BCUT2D eigenvalue weighted by molar-refractivity contribution is -0.131. The molecule has 0 saturated carbocycles. The maximum atomic E-state index is 12.5. The number of piperazine rings is 1. The van der Waals surface area contributed by atoms with E-state index in [1.165, 1.54) is 12.1 Å². The Kier molecular flexibility index (Phi) is 5.31. The molecule has 2 aromatic rings. The summed E-state index contributed by atoms with van der Waals surface area (Å²) in [5.41, 5.74) is 0.737. The van der Waals surface area contributed by atoms with Crippen molar-refractivity contribution in [3.8, 4) is 5.75 Å². The lowest BCUT2D eigenvalue weighted by Gasteiger charge is -2.34. The van der Waals surface area contributed by atoms with Crippen molar-refractivity contribution in [1.82, 2.24) is 20.0 Å². The van der Waals surface area contributed by atoms with E-state index in [0.29, 0.717) is 32.6 Å². The molecule has 1 aromatic heterocycles. The summed E-state index contributed by atoms with van der Waals surface area (Å²) in [6.45, 7) is 1.81. The van der Waals surface area contributed by atoms with E-state index in [1.54, 1.807) is 16.9 Å². The third kappa shape index (κ3) is 4.08. The van der Waals surface area contributed by atoms with Crippen molar-refractivity contribution in [1.29, 1.82) is 0 Å². The fraction of sp³-hybridized carbons (Fsp3) is 0.333. The number of benzene rings is 1. The van der Waals surface area contributed by atoms with Gasteiger partial charge in [0.15, 0.2) is 0 Å². The molecule has 8 heteroatoms. The van der Waals surface area contributed by atoms with Crippen molar-refractivity contribution in [2.45, 2.75) is 6.42 Å². The van der Waals surface area contributed by atoms with Crippen LogP contribution in [-0.2, 0) is 11.2 Å². The average molecular weight is 356 g/mol. The first-order valence-electron chi connectivity index (χ1n) is 8.32. The van der Waals surface area contributed by atoms with Gasteiger partial charge in [0.25, 0.3) is 11.5 Å². The van der Waals surface area contributed by atoms with Gasteiger partial charge in [0.2, 0.25) is 5.91 Å². The summed E-state index contributed by atoms with van der Waals surface area (Å²) in [7, 11) is 1.59. The average Bonchev–Trinajstić information content (AvgIpc) is 2.68. The molecule has 0 unspecified atom stereocenters. The van der Waals surface area contributed by atoms with Gasteiger partial charge >= 0.3 is 0 Å². The molecule has 2 heterocycles. The minimum absolute atomic E-state index is 0.0209. The molecule has 8 nitrogen and oxygen atoms in total. The Labute approximate surface area is 150 Å². The molecule has 0 bridgehead atoms. The van der Waals surface area contributed by atoms with E-state index in [4.69, 9.17) is 4.74 Å². The number of nitrogens with one attached hydrogen (secondary N) is 1. The molecule has 1 saturated heterocycles. The summed E-state index contributed by atoms with van der Waals surface area (Å²) in [5, 5.41) is 6.01. The third-order valence-electron chi connectivity index (χ3n) is 4.31. The van der Waals surface area contributed by atoms with E-state index in [0.717, 1.165) is 11.3 Å². The van der Waals surface area contributed by atoms with Crippen LogP contribution in [0.3, 0.4) is 0 Å². The maximum Gasteiger partial charge on any atom is 0.274 e. The molecule has 0 atom stereocenters. The second-order valence-electron chi connectivity index (χ2n) is 6.01. The number of nitrogens with zero attached hydrogens (tertiary/aromatic N) is 3. The molecule has 1 fully saturated rings. The number of aromatic amines is 1. The van der Waals surface area contributed by atoms with Crippen LogP contribution >= 0.6 is 0 Å². The van der Waals surface area contributed by atoms with Gasteiger partial charge in [-0.15, -0.1) is 0 Å². The zero-order valence-electron chi connectivity index (χ0n) is 14.5. The number of hydrogen-bond acceptors (Lipinski definition) is 5. The summed E-state index contributed by atoms with van der Waals surface area (Å²) in [6.07, 6.45) is 0.298. The summed E-state index contributed by atoms with van der Waals surface area (Å²) >= 11 is 0. The summed E-state index contributed by atoms with van der Waals surface area (Å²) in [4.78, 5) is 39.3. The van der Waals surface area contributed by atoms with E-state index in [9.17, 15) is 14.4 Å². The van der Waals surface area contributed by atoms with Gasteiger partial charge in [-0.25, -0.2) is 5.10 Å². The van der Waals surface area contributed by atoms with Crippen molar-refractivity contribution in [3.05, 3.63) is 58.0 Å². The van der Waals surface area contributed by atoms with Gasteiger partial charge in [-0.05, 0) is 23.8 Å². The lowest BCUT2D eigenvalue weighted by atomic mass is 10.1. The van der Waals surface area contributed by atoms with Crippen LogP contribution in [0.2, 0.25) is 0 Å². The van der Waals surface area contributed by atoms with Crippen LogP contribution < -0.4 is 10.3 Å². The smallest absolute Gasteiger partial charge is 0.274 e. The molecule has 26 heavy (non-hydrogen) atoms. The van der Waals surface area contributed by atoms with Gasteiger partial charge in [-0.3, -0.25) is 14.4 Å². The van der Waals surface area contributed by atoms with Crippen LogP contribution in [-0.4, -0.2) is 65.1 Å². The van der Waals surface area contributed by atoms with Crippen LogP contribution in [0, 0.1) is 0 Å². The van der Waals surface area contributed by atoms with Gasteiger partial charge in [0, 0.05) is 32.2 Å². The van der Waals surface area contributed by atoms with Gasteiger partial charge in [0.1, 0.15) is 11.4 Å². The van der Waals surface area contributed by atoms with Gasteiger partial charge in [0.05, 0.1) is 13.5 Å². The number of methoxy groups -OCH3 is 1. The van der Waals surface area contributed by atoms with Gasteiger partial charge in [-0.1, -0.05) is 12.1 Å². The summed E-state index contributed by atoms with van der Waals surface area (Å²) < 4.78 is 5.17. The Bertz CT molecular complexity index is 836. The molecule has 1 N–H and O–H groups in total. The van der Waals surface area contributed by atoms with Crippen LogP contribution in [0.25, 0.3) is 0 Å². The molecular formula is C18H20N4O4. The quantitative estimate of drug-likeness (QED) is 0.850. The molecule has 1 aromatic carbocycles. The third-order valence-corrected chi connectivity index (χ3v) is 4.31. The molecule has 2 amide bonds. The summed E-state index contributed by atoms with van der Waals surface area (Å²) in [6, 6.07) is 10.1. The standard InChI is InChI=1S/C18H20N4O4/c1-26-14-4-2-3-13(11-14)12-17(24)21-7-9-22(10-8-21)18(25)15-5-6-16(23)20-19-15/h2-6,11H,7-10,12H2,1H3,(H,20,23). The van der Waals surface area contributed by atoms with Gasteiger partial charge in [-0.2, -0.15) is 5.10 Å². The van der Waals surface area contributed by atoms with E-state index < -0.39 is 0 Å². The highest BCUT2D eigenvalue weighted by molar-refractivity contribution is 5.92. The molecule has 0 radical (unpaired) electrons. The normalized spacial score (nSPS) is 14.2. The fourth-order valence-electron chi connectivity index (χ4n) is 2.85. The Balaban J connectivity index is 1.55. The molecule has 3 rings (SSSR count). The van der Waals surface area contributed by atoms with Crippen molar-refractivity contribution < 1.29 is 14.3 Å². The molecular weight excluding hydrogens is 336 g/mol. The lowest BCUT2D eigenvalue weighted by Crippen LogP contribution is -2.51. The highest BCUT2D eigenvalue weighted by Gasteiger charge is 2.25. The number of carbonyl (C=O) groups is 2. The number of rotatable bonds is 4. The second-order valence-corrected chi connectivity index (χ2v) is 6.01. The highest BCUT2D eigenvalue weighted by Crippen LogP contribution is 2.14. The number of carbonyl (C=O) groups excluding carboxylic acids is 2. The second kappa shape index (κ2) is 7.81. The van der Waals surface area contributed by atoms with Gasteiger partial charge < -0.3 is 14.5 Å². The number of aromatic nitrogens is 2. The molecule has 1 aliphatic rings. The fourth-order valence-corrected chi connectivity index (χ4v) is 2.85. The molecule has 0 spiro atoms. The van der Waals surface area contributed by atoms with E-state index >= 15 is 0 Å². The Morgan fingerprint density at radius 3 is 2.50 bits per heavy atom. The monoisotopic (exact) mass is 356 g/mol. The maximum absolute atomic E-state index is 12.5. The van der Waals surface area contributed by atoms with Crippen LogP contribution in [0.15, 0.2) is 41.2 Å². The number of amides is 2. The van der Waals surface area contributed by atoms with Crippen molar-refractivity contribution in [3.63, 3.8) is 0 Å². The first-order chi connectivity index (χ1) is 12.6. The topological polar surface area (TPSA) is 95.6 Å². The van der Waals surface area contributed by atoms with Crippen LogP contribution in [0.1, 0.15) is 16.1 Å². The minimum atomic E-state index is -0.352. The first kappa shape index (κ1) is 17.7. The predicted octanol–water partition coefficient (Wildman–Crippen LogP) is 0.306. The van der Waals surface area contributed by atoms with E-state index in [1.807, 2.05) is 24.3 Å². The molecule has 136 valence electrons. The highest BCUT2D eigenvalue weighted by atomic mass is 16.5. The minimum Gasteiger partial charge on any atom is -0.497 e. The number of hydrogen-bond donors (Lipinski definition) is 1. The Hall–Kier alpha value is -3.16. The Morgan fingerprint density at radius 2 is 1.85 bits per heavy atom. The zero-order chi connectivity index (χ0) is 18.5. The van der Waals surface area contributed by atoms with Crippen LogP contribution in [0.4, 0.5) is 0 Å². The molecule has 1 aliphatic heterocycles. The first-order valence-corrected chi connectivity index (χ1v) is 8.32. The largest absolute Gasteiger partial charge is 0.497 e. The zero-order valence-corrected chi connectivity index (χ0v) is 14.5. The number of ether oxygens (including phenoxy) is 1. The Morgan fingerprint density at radius 1 is 1.12 bits per heavy atom. The number of H-pyrrole nitrogens is 1. The van der Waals surface area contributed by atoms with Crippen molar-refractivity contribution in [2.75, 3.05) is 33.3 Å². The molecule has 0 aliphatic carbocycles. The van der Waals surface area contributed by atoms with Crippen molar-refractivity contribution in [2.24, 2.45) is 0 Å². The van der Waals surface area contributed by atoms with Crippen molar-refractivity contribution >= 4 is 11.8 Å². The predicted molar refractivity (Wildman–Crippen MR) is 94.0 cm³/mol. The van der Waals surface area contributed by atoms with E-state index in [-0.39, 0.29) is 23.1 Å². The van der Waals surface area contributed by atoms with E-state index in [2.05, 4.69) is 10.2 Å².